The molecule has 1 N–H and O–H groups in total. The minimum Gasteiger partial charge on any atom is -0.271 e. The summed E-state index contributed by atoms with van der Waals surface area (Å²) in [6.07, 6.45) is 2.58. The first-order valence-corrected chi connectivity index (χ1v) is 9.53. The van der Waals surface area contributed by atoms with Crippen LogP contribution in [0.2, 0.25) is 0 Å². The second-order valence-corrected chi connectivity index (χ2v) is 7.66. The minimum absolute atomic E-state index is 0.430. The van der Waals surface area contributed by atoms with Crippen molar-refractivity contribution in [3.05, 3.63) is 52.7 Å². The van der Waals surface area contributed by atoms with Gasteiger partial charge in [0, 0.05) is 4.88 Å². The Morgan fingerprint density at radius 3 is 2.52 bits per heavy atom. The van der Waals surface area contributed by atoms with Crippen LogP contribution < -0.4 is 9.73 Å². The fraction of sp³-hybridized carbons (Fsp3) is 0.200. The maximum absolute atomic E-state index is 12.2. The number of carbonyl (C=O) groups excluding carboxylic acids is 1. The van der Waals surface area contributed by atoms with Crippen molar-refractivity contribution in [3.63, 3.8) is 0 Å². The predicted octanol–water partition coefficient (Wildman–Crippen LogP) is 2.05. The smallest absolute Gasteiger partial charge is 0.263 e. The minimum atomic E-state index is -3.61. The summed E-state index contributed by atoms with van der Waals surface area (Å²) in [6.45, 7) is 1.52. The Labute approximate surface area is 139 Å². The van der Waals surface area contributed by atoms with Gasteiger partial charge in [-0.05, 0) is 30.5 Å². The van der Waals surface area contributed by atoms with Crippen LogP contribution in [0.4, 0.5) is 5.69 Å². The number of sulfonamides is 1. The lowest BCUT2D eigenvalue weighted by Crippen LogP contribution is -2.46. The van der Waals surface area contributed by atoms with E-state index in [-0.39, 0.29) is 0 Å². The van der Waals surface area contributed by atoms with Gasteiger partial charge in [0.25, 0.3) is 5.91 Å². The molecule has 122 valence electrons. The molecule has 0 saturated carbocycles. The summed E-state index contributed by atoms with van der Waals surface area (Å²) in [7, 11) is -3.61. The van der Waals surface area contributed by atoms with Gasteiger partial charge in [0.1, 0.15) is 6.04 Å². The molecule has 1 atom stereocenters. The second kappa shape index (κ2) is 7.38. The zero-order chi connectivity index (χ0) is 16.9. The third-order valence-corrected chi connectivity index (χ3v) is 5.06. The van der Waals surface area contributed by atoms with Gasteiger partial charge < -0.3 is 0 Å². The van der Waals surface area contributed by atoms with Crippen LogP contribution in [-0.4, -0.2) is 32.8 Å². The molecule has 0 saturated heterocycles. The lowest BCUT2D eigenvalue weighted by molar-refractivity contribution is -0.121. The second-order valence-electron chi connectivity index (χ2n) is 4.82. The Bertz CT molecular complexity index is 772. The molecule has 1 aromatic heterocycles. The number of anilines is 1. The van der Waals surface area contributed by atoms with Gasteiger partial charge in [0.05, 0.1) is 18.2 Å². The maximum Gasteiger partial charge on any atom is 0.263 e. The number of hydrogen-bond acceptors (Lipinski definition) is 5. The van der Waals surface area contributed by atoms with E-state index in [1.54, 1.807) is 30.3 Å². The summed E-state index contributed by atoms with van der Waals surface area (Å²) in [4.78, 5) is 13.1. The van der Waals surface area contributed by atoms with Crippen LogP contribution in [0.3, 0.4) is 0 Å². The van der Waals surface area contributed by atoms with Gasteiger partial charge >= 0.3 is 0 Å². The quantitative estimate of drug-likeness (QED) is 0.639. The molecule has 0 radical (unpaired) electrons. The van der Waals surface area contributed by atoms with E-state index in [1.807, 2.05) is 17.5 Å². The summed E-state index contributed by atoms with van der Waals surface area (Å²) < 4.78 is 25.2. The number of amides is 1. The molecule has 0 spiro atoms. The number of rotatable bonds is 6. The Morgan fingerprint density at radius 2 is 1.96 bits per heavy atom. The van der Waals surface area contributed by atoms with Crippen LogP contribution in [0.25, 0.3) is 0 Å². The number of para-hydroxylation sites is 1. The summed E-state index contributed by atoms with van der Waals surface area (Å²) in [6, 6.07) is 11.3. The van der Waals surface area contributed by atoms with E-state index < -0.39 is 22.0 Å². The third kappa shape index (κ3) is 4.64. The monoisotopic (exact) mass is 351 g/mol. The normalized spacial score (nSPS) is 13.0. The lowest BCUT2D eigenvalue weighted by Gasteiger charge is -2.27. The molecule has 23 heavy (non-hydrogen) atoms. The lowest BCUT2D eigenvalue weighted by atomic mass is 10.2. The first-order valence-electron chi connectivity index (χ1n) is 6.80. The van der Waals surface area contributed by atoms with Crippen molar-refractivity contribution in [3.8, 4) is 0 Å². The van der Waals surface area contributed by atoms with E-state index in [9.17, 15) is 13.2 Å². The molecule has 1 heterocycles. The first kappa shape index (κ1) is 17.2. The zero-order valence-corrected chi connectivity index (χ0v) is 14.3. The molecule has 0 unspecified atom stereocenters. The van der Waals surface area contributed by atoms with Crippen LogP contribution >= 0.6 is 11.3 Å². The summed E-state index contributed by atoms with van der Waals surface area (Å²) in [5, 5.41) is 5.75. The van der Waals surface area contributed by atoms with Gasteiger partial charge in [0.2, 0.25) is 10.0 Å². The van der Waals surface area contributed by atoms with Gasteiger partial charge in [-0.3, -0.25) is 9.10 Å². The van der Waals surface area contributed by atoms with Crippen molar-refractivity contribution in [2.75, 3.05) is 10.6 Å². The molecule has 0 bridgehead atoms. The van der Waals surface area contributed by atoms with Crippen molar-refractivity contribution < 1.29 is 13.2 Å². The highest BCUT2D eigenvalue weighted by molar-refractivity contribution is 7.92. The molecular formula is C15H17N3O3S2. The number of hydrogen-bond donors (Lipinski definition) is 1. The highest BCUT2D eigenvalue weighted by Crippen LogP contribution is 2.20. The summed E-state index contributed by atoms with van der Waals surface area (Å²) in [5.74, 6) is -0.507. The molecule has 2 aromatic rings. The average molecular weight is 351 g/mol. The van der Waals surface area contributed by atoms with E-state index >= 15 is 0 Å². The third-order valence-electron chi connectivity index (χ3n) is 3.01. The Morgan fingerprint density at radius 1 is 1.26 bits per heavy atom. The van der Waals surface area contributed by atoms with Crippen LogP contribution in [0.5, 0.6) is 0 Å². The van der Waals surface area contributed by atoms with Gasteiger partial charge in [-0.15, -0.1) is 11.3 Å². The Kier molecular flexibility index (Phi) is 5.51. The number of nitrogens with one attached hydrogen (secondary N) is 1. The molecule has 2 rings (SSSR count). The van der Waals surface area contributed by atoms with Crippen molar-refractivity contribution >= 4 is 39.2 Å². The number of hydrazone groups is 1. The van der Waals surface area contributed by atoms with Gasteiger partial charge in [-0.25, -0.2) is 13.8 Å². The highest BCUT2D eigenvalue weighted by Gasteiger charge is 2.28. The van der Waals surface area contributed by atoms with E-state index in [1.165, 1.54) is 24.5 Å². The summed E-state index contributed by atoms with van der Waals surface area (Å²) >= 11 is 1.48. The topological polar surface area (TPSA) is 78.8 Å². The zero-order valence-electron chi connectivity index (χ0n) is 12.7. The van der Waals surface area contributed by atoms with E-state index in [4.69, 9.17) is 0 Å². The standard InChI is InChI=1S/C15H17N3O3S2/c1-12(15(19)17-16-11-14-9-6-10-22-14)18(23(2,20)21)13-7-4-3-5-8-13/h3-12H,1-2H3,(H,17,19)/b16-11-/t12-/m1/s1. The summed E-state index contributed by atoms with van der Waals surface area (Å²) in [5.41, 5.74) is 2.80. The van der Waals surface area contributed by atoms with E-state index in [2.05, 4.69) is 10.5 Å². The molecule has 0 aliphatic rings. The number of benzene rings is 1. The Hall–Kier alpha value is -2.19. The fourth-order valence-corrected chi connectivity index (χ4v) is 3.76. The first-order chi connectivity index (χ1) is 10.9. The molecule has 1 amide bonds. The van der Waals surface area contributed by atoms with Crippen molar-refractivity contribution in [1.29, 1.82) is 0 Å². The van der Waals surface area contributed by atoms with Gasteiger partial charge in [-0.2, -0.15) is 5.10 Å². The SMILES string of the molecule is C[C@H](C(=O)N/N=C\c1cccs1)N(c1ccccc1)S(C)(=O)=O. The highest BCUT2D eigenvalue weighted by atomic mass is 32.2. The van der Waals surface area contributed by atoms with E-state index in [0.29, 0.717) is 5.69 Å². The molecule has 0 fully saturated rings. The maximum atomic E-state index is 12.2. The predicted molar refractivity (Wildman–Crippen MR) is 93.3 cm³/mol. The van der Waals surface area contributed by atoms with Crippen LogP contribution in [0.15, 0.2) is 52.9 Å². The molecule has 0 aliphatic carbocycles. The van der Waals surface area contributed by atoms with Crippen molar-refractivity contribution in [2.24, 2.45) is 5.10 Å². The van der Waals surface area contributed by atoms with Crippen molar-refractivity contribution in [2.45, 2.75) is 13.0 Å². The van der Waals surface area contributed by atoms with Crippen LogP contribution in [-0.2, 0) is 14.8 Å². The largest absolute Gasteiger partial charge is 0.271 e. The number of nitrogens with zero attached hydrogens (tertiary/aromatic N) is 2. The molecular weight excluding hydrogens is 334 g/mol. The number of thiophene rings is 1. The average Bonchev–Trinajstić information content (AvgIpc) is 3.00. The Balaban J connectivity index is 2.14. The van der Waals surface area contributed by atoms with Crippen molar-refractivity contribution in [1.82, 2.24) is 5.43 Å². The van der Waals surface area contributed by atoms with Crippen LogP contribution in [0, 0.1) is 0 Å². The molecule has 8 heteroatoms. The molecule has 1 aromatic carbocycles. The molecule has 6 nitrogen and oxygen atoms in total. The van der Waals surface area contributed by atoms with E-state index in [0.717, 1.165) is 15.4 Å². The van der Waals surface area contributed by atoms with Gasteiger partial charge in [0.15, 0.2) is 0 Å². The number of carbonyl (C=O) groups is 1. The van der Waals surface area contributed by atoms with Crippen LogP contribution in [0.1, 0.15) is 11.8 Å². The van der Waals surface area contributed by atoms with Gasteiger partial charge in [-0.1, -0.05) is 24.3 Å². The molecule has 0 aliphatic heterocycles. The fourth-order valence-electron chi connectivity index (χ4n) is 2.00.